The van der Waals surface area contributed by atoms with Gasteiger partial charge < -0.3 is 10.2 Å². The van der Waals surface area contributed by atoms with Gasteiger partial charge in [-0.25, -0.2) is 4.98 Å². The maximum atomic E-state index is 12.2. The summed E-state index contributed by atoms with van der Waals surface area (Å²) in [7, 11) is 0. The largest absolute Gasteiger partial charge is 0.352 e. The lowest BCUT2D eigenvalue weighted by Gasteiger charge is -2.18. The van der Waals surface area contributed by atoms with Crippen molar-refractivity contribution in [1.82, 2.24) is 20.1 Å². The molecule has 1 saturated heterocycles. The summed E-state index contributed by atoms with van der Waals surface area (Å²) in [5.74, 6) is -0.0829. The molecule has 0 unspecified atom stereocenters. The van der Waals surface area contributed by atoms with Gasteiger partial charge in [-0.3, -0.25) is 9.48 Å². The van der Waals surface area contributed by atoms with Gasteiger partial charge in [0.1, 0.15) is 0 Å². The highest BCUT2D eigenvalue weighted by atomic mass is 32.1. The van der Waals surface area contributed by atoms with Crippen LogP contribution in [0.15, 0.2) is 17.8 Å². The van der Waals surface area contributed by atoms with Crippen molar-refractivity contribution in [3.05, 3.63) is 29.0 Å². The third kappa shape index (κ3) is 3.95. The number of hydrogen-bond acceptors (Lipinski definition) is 5. The summed E-state index contributed by atoms with van der Waals surface area (Å²) < 4.78 is 1.81. The van der Waals surface area contributed by atoms with E-state index in [1.165, 1.54) is 12.8 Å². The fraction of sp³-hybridized carbons (Fsp3) is 0.588. The zero-order valence-electron chi connectivity index (χ0n) is 14.6. The second-order valence-electron chi connectivity index (χ2n) is 7.17. The predicted octanol–water partition coefficient (Wildman–Crippen LogP) is 2.67. The van der Waals surface area contributed by atoms with Crippen LogP contribution in [0.1, 0.15) is 49.7 Å². The van der Waals surface area contributed by atoms with Crippen LogP contribution in [-0.2, 0) is 12.0 Å². The number of amides is 1. The maximum absolute atomic E-state index is 12.2. The van der Waals surface area contributed by atoms with Crippen molar-refractivity contribution in [3.63, 3.8) is 0 Å². The van der Waals surface area contributed by atoms with Crippen molar-refractivity contribution in [2.45, 2.75) is 45.6 Å². The van der Waals surface area contributed by atoms with Crippen LogP contribution in [0.3, 0.4) is 0 Å². The first-order valence-corrected chi connectivity index (χ1v) is 9.34. The fourth-order valence-corrected chi connectivity index (χ4v) is 3.59. The lowest BCUT2D eigenvalue weighted by molar-refractivity contribution is 0.0954. The fourth-order valence-electron chi connectivity index (χ4n) is 2.68. The molecule has 0 aromatic carbocycles. The first-order valence-electron chi connectivity index (χ1n) is 8.46. The van der Waals surface area contributed by atoms with Gasteiger partial charge in [0.15, 0.2) is 5.13 Å². The average molecular weight is 347 g/mol. The van der Waals surface area contributed by atoms with E-state index < -0.39 is 0 Å². The molecule has 1 N–H and O–H groups in total. The summed E-state index contributed by atoms with van der Waals surface area (Å²) in [5, 5.41) is 10.4. The highest BCUT2D eigenvalue weighted by Crippen LogP contribution is 2.24. The zero-order valence-corrected chi connectivity index (χ0v) is 15.4. The Bertz CT molecular complexity index is 694. The van der Waals surface area contributed by atoms with Crippen molar-refractivity contribution < 1.29 is 4.79 Å². The average Bonchev–Trinajstić information content (AvgIpc) is 3.26. The van der Waals surface area contributed by atoms with Gasteiger partial charge in [-0.15, -0.1) is 11.3 Å². The molecule has 0 atom stereocenters. The van der Waals surface area contributed by atoms with Crippen molar-refractivity contribution in [3.8, 4) is 0 Å². The second kappa shape index (κ2) is 6.93. The van der Waals surface area contributed by atoms with Gasteiger partial charge in [0.05, 0.1) is 23.0 Å². The number of nitrogens with zero attached hydrogens (tertiary/aromatic N) is 4. The van der Waals surface area contributed by atoms with Crippen LogP contribution in [0.2, 0.25) is 0 Å². The molecule has 7 heteroatoms. The molecular formula is C17H25N5OS. The quantitative estimate of drug-likeness (QED) is 0.903. The minimum Gasteiger partial charge on any atom is -0.352 e. The van der Waals surface area contributed by atoms with Crippen molar-refractivity contribution in [1.29, 1.82) is 0 Å². The lowest BCUT2D eigenvalue weighted by Crippen LogP contribution is -2.26. The molecule has 0 radical (unpaired) electrons. The summed E-state index contributed by atoms with van der Waals surface area (Å²) in [4.78, 5) is 19.2. The monoisotopic (exact) mass is 347 g/mol. The summed E-state index contributed by atoms with van der Waals surface area (Å²) in [6.45, 7) is 8.98. The van der Waals surface area contributed by atoms with Crippen molar-refractivity contribution >= 4 is 22.4 Å². The van der Waals surface area contributed by atoms with E-state index in [9.17, 15) is 4.79 Å². The van der Waals surface area contributed by atoms with Crippen LogP contribution in [0.4, 0.5) is 5.13 Å². The Morgan fingerprint density at radius 1 is 1.33 bits per heavy atom. The number of thiazole rings is 1. The molecular weight excluding hydrogens is 322 g/mol. The SMILES string of the molecule is CC(C)(C)n1cc(C(=O)NCCc2csc(N3CCCC3)n2)cn1. The van der Waals surface area contributed by atoms with Crippen LogP contribution in [0.25, 0.3) is 0 Å². The molecule has 24 heavy (non-hydrogen) atoms. The van der Waals surface area contributed by atoms with E-state index in [4.69, 9.17) is 0 Å². The molecule has 2 aromatic rings. The second-order valence-corrected chi connectivity index (χ2v) is 8.00. The van der Waals surface area contributed by atoms with Gasteiger partial charge >= 0.3 is 0 Å². The summed E-state index contributed by atoms with van der Waals surface area (Å²) in [6.07, 6.45) is 6.68. The number of carbonyl (C=O) groups is 1. The predicted molar refractivity (Wildman–Crippen MR) is 96.8 cm³/mol. The first-order chi connectivity index (χ1) is 11.4. The molecule has 0 aliphatic carbocycles. The maximum Gasteiger partial charge on any atom is 0.254 e. The van der Waals surface area contributed by atoms with Crippen LogP contribution < -0.4 is 10.2 Å². The Morgan fingerprint density at radius 2 is 2.08 bits per heavy atom. The van der Waals surface area contributed by atoms with Crippen LogP contribution in [-0.4, -0.2) is 40.3 Å². The van der Waals surface area contributed by atoms with Gasteiger partial charge in [0.25, 0.3) is 5.91 Å². The van der Waals surface area contributed by atoms with Crippen LogP contribution in [0, 0.1) is 0 Å². The molecule has 1 fully saturated rings. The Morgan fingerprint density at radius 3 is 2.75 bits per heavy atom. The van der Waals surface area contributed by atoms with Gasteiger partial charge in [-0.1, -0.05) is 0 Å². The van der Waals surface area contributed by atoms with Gasteiger partial charge in [0, 0.05) is 37.6 Å². The zero-order chi connectivity index (χ0) is 17.2. The number of nitrogens with one attached hydrogen (secondary N) is 1. The normalized spacial score (nSPS) is 15.0. The molecule has 3 rings (SSSR count). The topological polar surface area (TPSA) is 63.1 Å². The smallest absolute Gasteiger partial charge is 0.254 e. The molecule has 130 valence electrons. The standard InChI is InChI=1S/C17H25N5OS/c1-17(2,3)22-11-13(10-19-22)15(23)18-7-6-14-12-24-16(20-14)21-8-4-5-9-21/h10-12H,4-9H2,1-3H3,(H,18,23). The van der Waals surface area contributed by atoms with Crippen LogP contribution in [0.5, 0.6) is 0 Å². The summed E-state index contributed by atoms with van der Waals surface area (Å²) in [6, 6.07) is 0. The molecule has 3 heterocycles. The number of rotatable bonds is 5. The minimum absolute atomic E-state index is 0.0829. The van der Waals surface area contributed by atoms with Gasteiger partial charge in [-0.05, 0) is 33.6 Å². The Labute approximate surface area is 146 Å². The number of aromatic nitrogens is 3. The molecule has 0 saturated carbocycles. The molecule has 1 aliphatic heterocycles. The summed E-state index contributed by atoms with van der Waals surface area (Å²) in [5.41, 5.74) is 1.53. The Balaban J connectivity index is 1.49. The van der Waals surface area contributed by atoms with Crippen molar-refractivity contribution in [2.75, 3.05) is 24.5 Å². The van der Waals surface area contributed by atoms with Gasteiger partial charge in [-0.2, -0.15) is 5.10 Å². The van der Waals surface area contributed by atoms with E-state index in [-0.39, 0.29) is 11.4 Å². The number of carbonyl (C=O) groups excluding carboxylic acids is 1. The minimum atomic E-state index is -0.120. The van der Waals surface area contributed by atoms with E-state index in [1.54, 1.807) is 23.7 Å². The molecule has 1 aliphatic rings. The third-order valence-corrected chi connectivity index (χ3v) is 5.07. The van der Waals surface area contributed by atoms with E-state index in [0.717, 1.165) is 30.3 Å². The first kappa shape index (κ1) is 17.0. The molecule has 2 aromatic heterocycles. The highest BCUT2D eigenvalue weighted by Gasteiger charge is 2.17. The Hall–Kier alpha value is -1.89. The number of anilines is 1. The van der Waals surface area contributed by atoms with Crippen molar-refractivity contribution in [2.24, 2.45) is 0 Å². The lowest BCUT2D eigenvalue weighted by atomic mass is 10.1. The van der Waals surface area contributed by atoms with E-state index in [2.05, 4.69) is 46.5 Å². The molecule has 0 spiro atoms. The molecule has 6 nitrogen and oxygen atoms in total. The molecule has 0 bridgehead atoms. The van der Waals surface area contributed by atoms with E-state index in [1.807, 2.05) is 4.68 Å². The van der Waals surface area contributed by atoms with Crippen LogP contribution >= 0.6 is 11.3 Å². The van der Waals surface area contributed by atoms with E-state index in [0.29, 0.717) is 12.1 Å². The van der Waals surface area contributed by atoms with Gasteiger partial charge in [0.2, 0.25) is 0 Å². The third-order valence-electron chi connectivity index (χ3n) is 4.11. The highest BCUT2D eigenvalue weighted by molar-refractivity contribution is 7.13. The van der Waals surface area contributed by atoms with E-state index >= 15 is 0 Å². The Kier molecular flexibility index (Phi) is 4.89. The summed E-state index contributed by atoms with van der Waals surface area (Å²) >= 11 is 1.70. The molecule has 1 amide bonds. The number of hydrogen-bond donors (Lipinski definition) is 1.